The van der Waals surface area contributed by atoms with E-state index in [-0.39, 0.29) is 11.4 Å². The second kappa shape index (κ2) is 4.84. The van der Waals surface area contributed by atoms with E-state index in [9.17, 15) is 4.79 Å². The zero-order valence-corrected chi connectivity index (χ0v) is 9.24. The summed E-state index contributed by atoms with van der Waals surface area (Å²) in [5.41, 5.74) is -0.211. The molecule has 0 fully saturated rings. The number of nitrogens with zero attached hydrogens (tertiary/aromatic N) is 2. The Kier molecular flexibility index (Phi) is 3.74. The fraction of sp³-hybridized carbons (Fsp3) is 0.500. The molecule has 0 spiro atoms. The molecule has 1 aromatic heterocycles. The summed E-state index contributed by atoms with van der Waals surface area (Å²) in [7, 11) is 1.83. The zero-order chi connectivity index (χ0) is 11.3. The number of hydrogen-bond acceptors (Lipinski definition) is 4. The highest BCUT2D eigenvalue weighted by Gasteiger charge is 2.19. The van der Waals surface area contributed by atoms with Gasteiger partial charge in [-0.05, 0) is 27.0 Å². The van der Waals surface area contributed by atoms with Crippen molar-refractivity contribution in [3.63, 3.8) is 0 Å². The first kappa shape index (κ1) is 11.6. The molecular weight excluding hydrogens is 192 g/mol. The summed E-state index contributed by atoms with van der Waals surface area (Å²) >= 11 is 0. The monoisotopic (exact) mass is 208 g/mol. The van der Waals surface area contributed by atoms with Gasteiger partial charge in [0.25, 0.3) is 0 Å². The Balaban J connectivity index is 2.51. The smallest absolute Gasteiger partial charge is 0.227 e. The molecule has 1 amide bonds. The molecule has 2 N–H and O–H groups in total. The summed E-state index contributed by atoms with van der Waals surface area (Å²) < 4.78 is 0. The first-order chi connectivity index (χ1) is 7.03. The Morgan fingerprint density at radius 3 is 2.80 bits per heavy atom. The minimum atomic E-state index is -0.211. The number of anilines is 1. The molecule has 0 radical (unpaired) electrons. The lowest BCUT2D eigenvalue weighted by Gasteiger charge is -2.22. The summed E-state index contributed by atoms with van der Waals surface area (Å²) in [6.07, 6.45) is 3.39. The minimum absolute atomic E-state index is 0.0620. The largest absolute Gasteiger partial charge is 0.314 e. The van der Waals surface area contributed by atoms with Gasteiger partial charge >= 0.3 is 0 Å². The lowest BCUT2D eigenvalue weighted by Crippen LogP contribution is -2.39. The standard InChI is InChI=1S/C10H16N4O/c1-10(2,11-3)6-9(15)14-8-4-5-12-7-13-8/h4-5,7,11H,6H2,1-3H3,(H,12,13,14,15). The van der Waals surface area contributed by atoms with Crippen LogP contribution in [0.5, 0.6) is 0 Å². The van der Waals surface area contributed by atoms with Crippen molar-refractivity contribution in [3.05, 3.63) is 18.6 Å². The van der Waals surface area contributed by atoms with Crippen LogP contribution < -0.4 is 10.6 Å². The molecule has 82 valence electrons. The molecule has 1 aromatic rings. The van der Waals surface area contributed by atoms with Crippen LogP contribution in [0.25, 0.3) is 0 Å². The molecule has 0 aliphatic heterocycles. The van der Waals surface area contributed by atoms with Crippen LogP contribution in [0.1, 0.15) is 20.3 Å². The number of nitrogens with one attached hydrogen (secondary N) is 2. The van der Waals surface area contributed by atoms with E-state index in [1.54, 1.807) is 12.3 Å². The summed E-state index contributed by atoms with van der Waals surface area (Å²) in [5, 5.41) is 5.77. The number of carbonyl (C=O) groups is 1. The Morgan fingerprint density at radius 1 is 1.53 bits per heavy atom. The molecule has 0 aliphatic rings. The predicted octanol–water partition coefficient (Wildman–Crippen LogP) is 0.803. The number of aromatic nitrogens is 2. The third kappa shape index (κ3) is 4.03. The van der Waals surface area contributed by atoms with E-state index >= 15 is 0 Å². The molecular formula is C10H16N4O. The van der Waals surface area contributed by atoms with E-state index in [1.807, 2.05) is 20.9 Å². The van der Waals surface area contributed by atoms with Crippen molar-refractivity contribution in [1.29, 1.82) is 0 Å². The normalized spacial score (nSPS) is 11.1. The summed E-state index contributed by atoms with van der Waals surface area (Å²) in [4.78, 5) is 19.3. The lowest BCUT2D eigenvalue weighted by molar-refractivity contribution is -0.117. The van der Waals surface area contributed by atoms with E-state index in [0.29, 0.717) is 12.2 Å². The van der Waals surface area contributed by atoms with Crippen molar-refractivity contribution in [3.8, 4) is 0 Å². The van der Waals surface area contributed by atoms with Gasteiger partial charge in [0.2, 0.25) is 5.91 Å². The van der Waals surface area contributed by atoms with Gasteiger partial charge in [-0.2, -0.15) is 0 Å². The van der Waals surface area contributed by atoms with Gasteiger partial charge in [0.05, 0.1) is 0 Å². The van der Waals surface area contributed by atoms with E-state index in [0.717, 1.165) is 0 Å². The maximum atomic E-state index is 11.6. The molecule has 0 bridgehead atoms. The van der Waals surface area contributed by atoms with Crippen LogP contribution >= 0.6 is 0 Å². The van der Waals surface area contributed by atoms with Crippen molar-refractivity contribution < 1.29 is 4.79 Å². The van der Waals surface area contributed by atoms with Crippen LogP contribution in [0.15, 0.2) is 18.6 Å². The third-order valence-corrected chi connectivity index (χ3v) is 2.13. The molecule has 0 aromatic carbocycles. The first-order valence-electron chi connectivity index (χ1n) is 4.78. The average molecular weight is 208 g/mol. The van der Waals surface area contributed by atoms with Crippen LogP contribution in [-0.2, 0) is 4.79 Å². The Bertz CT molecular complexity index is 323. The summed E-state index contributed by atoms with van der Waals surface area (Å²) in [6.45, 7) is 3.93. The quantitative estimate of drug-likeness (QED) is 0.768. The van der Waals surface area contributed by atoms with Gasteiger partial charge in [0, 0.05) is 18.2 Å². The van der Waals surface area contributed by atoms with Gasteiger partial charge in [0.1, 0.15) is 12.1 Å². The average Bonchev–Trinajstić information content (AvgIpc) is 2.18. The SMILES string of the molecule is CNC(C)(C)CC(=O)Nc1ccncn1. The Morgan fingerprint density at radius 2 is 2.27 bits per heavy atom. The number of carbonyl (C=O) groups excluding carboxylic acids is 1. The molecule has 0 atom stereocenters. The van der Waals surface area contributed by atoms with Gasteiger partial charge < -0.3 is 10.6 Å². The molecule has 0 saturated heterocycles. The molecule has 5 nitrogen and oxygen atoms in total. The van der Waals surface area contributed by atoms with E-state index in [1.165, 1.54) is 6.33 Å². The number of hydrogen-bond donors (Lipinski definition) is 2. The molecule has 1 rings (SSSR count). The van der Waals surface area contributed by atoms with Gasteiger partial charge in [-0.1, -0.05) is 0 Å². The minimum Gasteiger partial charge on any atom is -0.314 e. The Labute approximate surface area is 89.3 Å². The highest BCUT2D eigenvalue weighted by atomic mass is 16.1. The maximum Gasteiger partial charge on any atom is 0.227 e. The van der Waals surface area contributed by atoms with Crippen molar-refractivity contribution in [2.75, 3.05) is 12.4 Å². The number of rotatable bonds is 4. The fourth-order valence-corrected chi connectivity index (χ4v) is 1.04. The molecule has 1 heterocycles. The second-order valence-corrected chi connectivity index (χ2v) is 3.95. The molecule has 0 aliphatic carbocycles. The van der Waals surface area contributed by atoms with Crippen LogP contribution in [0.3, 0.4) is 0 Å². The molecule has 0 saturated carbocycles. The Hall–Kier alpha value is -1.49. The van der Waals surface area contributed by atoms with E-state index in [4.69, 9.17) is 0 Å². The van der Waals surface area contributed by atoms with Gasteiger partial charge in [-0.25, -0.2) is 9.97 Å². The van der Waals surface area contributed by atoms with Crippen LogP contribution in [0.4, 0.5) is 5.82 Å². The number of amides is 1. The summed E-state index contributed by atoms with van der Waals surface area (Å²) in [6, 6.07) is 1.66. The van der Waals surface area contributed by atoms with Gasteiger partial charge in [-0.15, -0.1) is 0 Å². The predicted molar refractivity (Wildman–Crippen MR) is 58.4 cm³/mol. The van der Waals surface area contributed by atoms with E-state index < -0.39 is 0 Å². The molecule has 0 unspecified atom stereocenters. The van der Waals surface area contributed by atoms with Gasteiger partial charge in [0.15, 0.2) is 0 Å². The summed E-state index contributed by atoms with van der Waals surface area (Å²) in [5.74, 6) is 0.468. The molecule has 5 heteroatoms. The zero-order valence-electron chi connectivity index (χ0n) is 9.24. The topological polar surface area (TPSA) is 66.9 Å². The highest BCUT2D eigenvalue weighted by Crippen LogP contribution is 2.09. The lowest BCUT2D eigenvalue weighted by atomic mass is 10.0. The molecule has 15 heavy (non-hydrogen) atoms. The van der Waals surface area contributed by atoms with Crippen molar-refractivity contribution in [2.45, 2.75) is 25.8 Å². The van der Waals surface area contributed by atoms with E-state index in [2.05, 4.69) is 20.6 Å². The van der Waals surface area contributed by atoms with Crippen molar-refractivity contribution >= 4 is 11.7 Å². The first-order valence-corrected chi connectivity index (χ1v) is 4.78. The second-order valence-electron chi connectivity index (χ2n) is 3.95. The van der Waals surface area contributed by atoms with Crippen LogP contribution in [0.2, 0.25) is 0 Å². The van der Waals surface area contributed by atoms with Crippen LogP contribution in [-0.4, -0.2) is 28.5 Å². The van der Waals surface area contributed by atoms with Crippen LogP contribution in [0, 0.1) is 0 Å². The highest BCUT2D eigenvalue weighted by molar-refractivity contribution is 5.90. The van der Waals surface area contributed by atoms with Gasteiger partial charge in [-0.3, -0.25) is 4.79 Å². The maximum absolute atomic E-state index is 11.6. The fourth-order valence-electron chi connectivity index (χ4n) is 1.04. The third-order valence-electron chi connectivity index (χ3n) is 2.13. The van der Waals surface area contributed by atoms with Crippen molar-refractivity contribution in [2.24, 2.45) is 0 Å². The van der Waals surface area contributed by atoms with Crippen molar-refractivity contribution in [1.82, 2.24) is 15.3 Å².